The van der Waals surface area contributed by atoms with Crippen LogP contribution in [0, 0.1) is 17.8 Å². The third-order valence-electron chi connectivity index (χ3n) is 5.33. The summed E-state index contributed by atoms with van der Waals surface area (Å²) in [6, 6.07) is 0.603. The molecule has 4 heteroatoms. The van der Waals surface area contributed by atoms with Crippen LogP contribution in [0.4, 0.5) is 0 Å². The fourth-order valence-electron chi connectivity index (χ4n) is 4.02. The number of hydrogen-bond donors (Lipinski definition) is 1. The van der Waals surface area contributed by atoms with Gasteiger partial charge >= 0.3 is 0 Å². The number of halogens is 1. The van der Waals surface area contributed by atoms with E-state index in [4.69, 9.17) is 5.10 Å². The van der Waals surface area contributed by atoms with Crippen LogP contribution < -0.4 is 5.32 Å². The van der Waals surface area contributed by atoms with Gasteiger partial charge in [0.1, 0.15) is 0 Å². The molecule has 1 heterocycles. The molecule has 0 spiro atoms. The standard InChI is InChI=1S/C16H26BrN3/c1-4-13-16(17)15(20(5-2)19-13)9-14(18-3)12-7-10-6-11(10)8-12/h10-12,14,18H,4-9H2,1-3H3. The highest BCUT2D eigenvalue weighted by atomic mass is 79.9. The van der Waals surface area contributed by atoms with Crippen molar-refractivity contribution in [2.75, 3.05) is 7.05 Å². The minimum Gasteiger partial charge on any atom is -0.316 e. The van der Waals surface area contributed by atoms with Crippen LogP contribution in [0.2, 0.25) is 0 Å². The van der Waals surface area contributed by atoms with Crippen LogP contribution in [0.3, 0.4) is 0 Å². The minimum absolute atomic E-state index is 0.603. The van der Waals surface area contributed by atoms with Crippen LogP contribution in [0.1, 0.15) is 44.5 Å². The Morgan fingerprint density at radius 2 is 2.00 bits per heavy atom. The molecule has 3 nitrogen and oxygen atoms in total. The van der Waals surface area contributed by atoms with E-state index in [0.29, 0.717) is 6.04 Å². The first-order valence-electron chi connectivity index (χ1n) is 8.09. The summed E-state index contributed by atoms with van der Waals surface area (Å²) < 4.78 is 3.42. The van der Waals surface area contributed by atoms with Gasteiger partial charge in [0.2, 0.25) is 0 Å². The Labute approximate surface area is 130 Å². The predicted molar refractivity (Wildman–Crippen MR) is 85.9 cm³/mol. The number of fused-ring (bicyclic) bond motifs is 1. The highest BCUT2D eigenvalue weighted by molar-refractivity contribution is 9.10. The van der Waals surface area contributed by atoms with Gasteiger partial charge in [-0.25, -0.2) is 0 Å². The first kappa shape index (κ1) is 14.6. The summed E-state index contributed by atoms with van der Waals surface area (Å²) in [5.74, 6) is 2.98. The van der Waals surface area contributed by atoms with Crippen LogP contribution in [-0.2, 0) is 19.4 Å². The first-order valence-corrected chi connectivity index (χ1v) is 8.88. The van der Waals surface area contributed by atoms with Gasteiger partial charge in [-0.3, -0.25) is 4.68 Å². The number of rotatable bonds is 6. The zero-order valence-corrected chi connectivity index (χ0v) is 14.4. The molecule has 20 heavy (non-hydrogen) atoms. The lowest BCUT2D eigenvalue weighted by atomic mass is 9.91. The normalized spacial score (nSPS) is 29.5. The van der Waals surface area contributed by atoms with E-state index in [1.165, 1.54) is 35.1 Å². The molecule has 0 radical (unpaired) electrons. The molecule has 1 N–H and O–H groups in total. The highest BCUT2D eigenvalue weighted by Crippen LogP contribution is 2.55. The van der Waals surface area contributed by atoms with E-state index in [-0.39, 0.29) is 0 Å². The summed E-state index contributed by atoms with van der Waals surface area (Å²) in [4.78, 5) is 0. The Bertz CT molecular complexity index is 472. The van der Waals surface area contributed by atoms with Crippen LogP contribution in [0.5, 0.6) is 0 Å². The second-order valence-corrected chi connectivity index (χ2v) is 7.26. The molecule has 3 rings (SSSR count). The van der Waals surface area contributed by atoms with Gasteiger partial charge in [0, 0.05) is 19.0 Å². The van der Waals surface area contributed by atoms with Crippen molar-refractivity contribution >= 4 is 15.9 Å². The molecular weight excluding hydrogens is 314 g/mol. The molecule has 3 atom stereocenters. The largest absolute Gasteiger partial charge is 0.316 e. The Hall–Kier alpha value is -0.350. The van der Waals surface area contributed by atoms with E-state index in [1.54, 1.807) is 0 Å². The minimum atomic E-state index is 0.603. The molecule has 3 unspecified atom stereocenters. The zero-order valence-electron chi connectivity index (χ0n) is 12.8. The Morgan fingerprint density at radius 3 is 2.55 bits per heavy atom. The summed E-state index contributed by atoms with van der Waals surface area (Å²) in [7, 11) is 2.12. The van der Waals surface area contributed by atoms with Crippen molar-refractivity contribution in [3.8, 4) is 0 Å². The third-order valence-corrected chi connectivity index (χ3v) is 6.24. The molecule has 0 aliphatic heterocycles. The second kappa shape index (κ2) is 5.80. The van der Waals surface area contributed by atoms with E-state index >= 15 is 0 Å². The summed E-state index contributed by atoms with van der Waals surface area (Å²) in [6.45, 7) is 5.32. The number of nitrogens with one attached hydrogen (secondary N) is 1. The molecule has 0 amide bonds. The van der Waals surface area contributed by atoms with Crippen LogP contribution in [0.15, 0.2) is 4.47 Å². The highest BCUT2D eigenvalue weighted by Gasteiger charge is 2.47. The topological polar surface area (TPSA) is 29.9 Å². The first-order chi connectivity index (χ1) is 9.67. The van der Waals surface area contributed by atoms with Crippen molar-refractivity contribution in [1.29, 1.82) is 0 Å². The molecule has 1 aromatic rings. The number of aromatic nitrogens is 2. The van der Waals surface area contributed by atoms with Crippen molar-refractivity contribution in [1.82, 2.24) is 15.1 Å². The van der Waals surface area contributed by atoms with Gasteiger partial charge in [-0.15, -0.1) is 0 Å². The average molecular weight is 340 g/mol. The lowest BCUT2D eigenvalue weighted by Crippen LogP contribution is -2.35. The van der Waals surface area contributed by atoms with Gasteiger partial charge in [-0.1, -0.05) is 6.92 Å². The summed E-state index contributed by atoms with van der Waals surface area (Å²) in [6.07, 6.45) is 6.48. The number of likely N-dealkylation sites (N-methyl/N-ethyl adjacent to an activating group) is 1. The Balaban J connectivity index is 1.76. The second-order valence-electron chi connectivity index (χ2n) is 6.46. The summed E-state index contributed by atoms with van der Waals surface area (Å²) in [5, 5.41) is 8.30. The Morgan fingerprint density at radius 1 is 1.30 bits per heavy atom. The smallest absolute Gasteiger partial charge is 0.0766 e. The van der Waals surface area contributed by atoms with Crippen LogP contribution in [0.25, 0.3) is 0 Å². The molecule has 0 aromatic carbocycles. The molecule has 112 valence electrons. The van der Waals surface area contributed by atoms with E-state index in [9.17, 15) is 0 Å². The monoisotopic (exact) mass is 339 g/mol. The van der Waals surface area contributed by atoms with Gasteiger partial charge in [-0.05, 0) is 73.3 Å². The van der Waals surface area contributed by atoms with Crippen molar-refractivity contribution in [3.63, 3.8) is 0 Å². The molecule has 0 saturated heterocycles. The average Bonchev–Trinajstić information content (AvgIpc) is 2.94. The van der Waals surface area contributed by atoms with Gasteiger partial charge in [0.15, 0.2) is 0 Å². The maximum absolute atomic E-state index is 4.73. The predicted octanol–water partition coefficient (Wildman–Crippen LogP) is 3.40. The number of aryl methyl sites for hydroxylation is 2. The lowest BCUT2D eigenvalue weighted by Gasteiger charge is -2.25. The van der Waals surface area contributed by atoms with Crippen molar-refractivity contribution < 1.29 is 0 Å². The maximum Gasteiger partial charge on any atom is 0.0766 e. The maximum atomic E-state index is 4.73. The lowest BCUT2D eigenvalue weighted by molar-refractivity contribution is 0.342. The van der Waals surface area contributed by atoms with Crippen LogP contribution in [-0.4, -0.2) is 22.9 Å². The fraction of sp³-hybridized carbons (Fsp3) is 0.812. The fourth-order valence-corrected chi connectivity index (χ4v) is 4.74. The van der Waals surface area contributed by atoms with E-state index in [1.807, 2.05) is 0 Å². The quantitative estimate of drug-likeness (QED) is 0.860. The van der Waals surface area contributed by atoms with E-state index < -0.39 is 0 Å². The van der Waals surface area contributed by atoms with Gasteiger partial charge in [0.25, 0.3) is 0 Å². The molecule has 2 aliphatic carbocycles. The molecule has 1 aromatic heterocycles. The van der Waals surface area contributed by atoms with E-state index in [2.05, 4.69) is 46.8 Å². The molecular formula is C16H26BrN3. The van der Waals surface area contributed by atoms with Gasteiger partial charge < -0.3 is 5.32 Å². The summed E-state index contributed by atoms with van der Waals surface area (Å²) >= 11 is 3.78. The van der Waals surface area contributed by atoms with Crippen LogP contribution >= 0.6 is 15.9 Å². The van der Waals surface area contributed by atoms with Crippen molar-refractivity contribution in [2.24, 2.45) is 17.8 Å². The molecule has 0 bridgehead atoms. The number of nitrogens with zero attached hydrogens (tertiary/aromatic N) is 2. The van der Waals surface area contributed by atoms with Crippen molar-refractivity contribution in [3.05, 3.63) is 15.9 Å². The van der Waals surface area contributed by atoms with Gasteiger partial charge in [0.05, 0.1) is 15.9 Å². The van der Waals surface area contributed by atoms with Gasteiger partial charge in [-0.2, -0.15) is 5.10 Å². The third kappa shape index (κ3) is 2.57. The SMILES string of the molecule is CCc1nn(CC)c(CC(NC)C2CC3CC3C2)c1Br. The molecule has 2 fully saturated rings. The molecule has 2 aliphatic rings. The zero-order chi connectivity index (χ0) is 14.3. The van der Waals surface area contributed by atoms with E-state index in [0.717, 1.165) is 37.1 Å². The molecule has 2 saturated carbocycles. The van der Waals surface area contributed by atoms with Crippen molar-refractivity contribution in [2.45, 2.75) is 58.5 Å². The summed E-state index contributed by atoms with van der Waals surface area (Å²) in [5.41, 5.74) is 2.58. The number of hydrogen-bond acceptors (Lipinski definition) is 2. The Kier molecular flexibility index (Phi) is 4.23.